The standard InChI is InChI=1S/C18H22N2/c1-13(15(3)9-11-17(5)19)7-8-14(2)16(4)10-12-18(6)20/h7-12H,1-6,19-20H2/b8-7-,11-9-,12-10-. The highest BCUT2D eigenvalue weighted by Gasteiger charge is 1.95. The van der Waals surface area contributed by atoms with Crippen LogP contribution in [0.4, 0.5) is 0 Å². The van der Waals surface area contributed by atoms with Gasteiger partial charge in [-0.2, -0.15) is 0 Å². The summed E-state index contributed by atoms with van der Waals surface area (Å²) in [5, 5.41) is 0. The SMILES string of the molecule is C=C(N)/C=C\C(=C)C(=C)/C=C\C(=C)C(=C)/C=C\C(=C)N. The Bertz CT molecular complexity index is 502. The zero-order valence-electron chi connectivity index (χ0n) is 11.9. The molecule has 2 nitrogen and oxygen atoms in total. The number of hydrogen-bond acceptors (Lipinski definition) is 2. The zero-order valence-corrected chi connectivity index (χ0v) is 11.9. The van der Waals surface area contributed by atoms with E-state index in [-0.39, 0.29) is 0 Å². The molecule has 0 aliphatic heterocycles. The molecule has 0 spiro atoms. The fourth-order valence-electron chi connectivity index (χ4n) is 1.04. The molecule has 0 atom stereocenters. The van der Waals surface area contributed by atoms with Crippen LogP contribution in [-0.2, 0) is 0 Å². The van der Waals surface area contributed by atoms with Crippen molar-refractivity contribution in [3.8, 4) is 0 Å². The van der Waals surface area contributed by atoms with Crippen LogP contribution in [0.2, 0.25) is 0 Å². The van der Waals surface area contributed by atoms with Gasteiger partial charge in [-0.25, -0.2) is 0 Å². The Morgan fingerprint density at radius 2 is 0.650 bits per heavy atom. The summed E-state index contributed by atoms with van der Waals surface area (Å²) in [5.41, 5.74) is 14.8. The second-order valence-corrected chi connectivity index (χ2v) is 4.25. The molecule has 0 aromatic heterocycles. The smallest absolute Gasteiger partial charge is 0.0241 e. The molecule has 0 saturated heterocycles. The lowest BCUT2D eigenvalue weighted by molar-refractivity contribution is 1.43. The van der Waals surface area contributed by atoms with Crippen molar-refractivity contribution in [3.63, 3.8) is 0 Å². The predicted octanol–water partition coefficient (Wildman–Crippen LogP) is 3.82. The summed E-state index contributed by atoms with van der Waals surface area (Å²) in [5.74, 6) is 0. The van der Waals surface area contributed by atoms with E-state index in [9.17, 15) is 0 Å². The van der Waals surface area contributed by atoms with Crippen LogP contribution in [0.1, 0.15) is 0 Å². The van der Waals surface area contributed by atoms with Gasteiger partial charge in [-0.05, 0) is 34.4 Å². The van der Waals surface area contributed by atoms with Gasteiger partial charge < -0.3 is 11.5 Å². The minimum atomic E-state index is 0.466. The molecule has 0 amide bonds. The van der Waals surface area contributed by atoms with Gasteiger partial charge in [0, 0.05) is 11.4 Å². The van der Waals surface area contributed by atoms with E-state index < -0.39 is 0 Å². The highest BCUT2D eigenvalue weighted by Crippen LogP contribution is 2.14. The molecular weight excluding hydrogens is 244 g/mol. The average molecular weight is 266 g/mol. The fraction of sp³-hybridized carbons (Fsp3) is 0. The Balaban J connectivity index is 4.63. The van der Waals surface area contributed by atoms with Gasteiger partial charge >= 0.3 is 0 Å². The van der Waals surface area contributed by atoms with Crippen molar-refractivity contribution in [1.82, 2.24) is 0 Å². The van der Waals surface area contributed by atoms with Crippen LogP contribution >= 0.6 is 0 Å². The van der Waals surface area contributed by atoms with Gasteiger partial charge in [0.05, 0.1) is 0 Å². The first kappa shape index (κ1) is 17.3. The van der Waals surface area contributed by atoms with E-state index in [4.69, 9.17) is 11.5 Å². The molecule has 0 aromatic carbocycles. The van der Waals surface area contributed by atoms with E-state index in [0.29, 0.717) is 11.4 Å². The summed E-state index contributed by atoms with van der Waals surface area (Å²) in [6.07, 6.45) is 10.5. The Morgan fingerprint density at radius 1 is 0.450 bits per heavy atom. The van der Waals surface area contributed by atoms with Gasteiger partial charge in [-0.15, -0.1) is 0 Å². The van der Waals surface area contributed by atoms with Crippen molar-refractivity contribution in [1.29, 1.82) is 0 Å². The van der Waals surface area contributed by atoms with Gasteiger partial charge in [-0.1, -0.05) is 63.8 Å². The summed E-state index contributed by atoms with van der Waals surface area (Å²) in [6.45, 7) is 22.7. The van der Waals surface area contributed by atoms with E-state index in [1.807, 2.05) is 12.2 Å². The first-order valence-electron chi connectivity index (χ1n) is 5.93. The van der Waals surface area contributed by atoms with Crippen LogP contribution in [0.25, 0.3) is 0 Å². The second-order valence-electron chi connectivity index (χ2n) is 4.25. The Morgan fingerprint density at radius 3 is 0.850 bits per heavy atom. The van der Waals surface area contributed by atoms with Crippen molar-refractivity contribution >= 4 is 0 Å². The fourth-order valence-corrected chi connectivity index (χ4v) is 1.04. The van der Waals surface area contributed by atoms with E-state index in [2.05, 4.69) is 39.5 Å². The van der Waals surface area contributed by atoms with Crippen LogP contribution in [0.15, 0.2) is 110 Å². The van der Waals surface area contributed by atoms with Crippen molar-refractivity contribution < 1.29 is 0 Å². The minimum Gasteiger partial charge on any atom is -0.399 e. The summed E-state index contributed by atoms with van der Waals surface area (Å²) < 4.78 is 0. The normalized spacial score (nSPS) is 11.0. The van der Waals surface area contributed by atoms with Gasteiger partial charge in [0.1, 0.15) is 0 Å². The molecule has 0 aliphatic rings. The summed E-state index contributed by atoms with van der Waals surface area (Å²) >= 11 is 0. The highest BCUT2D eigenvalue weighted by atomic mass is 14.5. The molecule has 2 heteroatoms. The first-order chi connectivity index (χ1) is 9.23. The van der Waals surface area contributed by atoms with E-state index in [1.54, 1.807) is 24.3 Å². The second kappa shape index (κ2) is 8.38. The lowest BCUT2D eigenvalue weighted by atomic mass is 10.0. The predicted molar refractivity (Wildman–Crippen MR) is 90.6 cm³/mol. The third-order valence-electron chi connectivity index (χ3n) is 2.31. The van der Waals surface area contributed by atoms with E-state index in [1.165, 1.54) is 0 Å². The molecular formula is C18H22N2. The van der Waals surface area contributed by atoms with E-state index in [0.717, 1.165) is 22.3 Å². The van der Waals surface area contributed by atoms with Crippen LogP contribution < -0.4 is 11.5 Å². The topological polar surface area (TPSA) is 52.0 Å². The maximum Gasteiger partial charge on any atom is 0.0241 e. The Labute approximate surface area is 121 Å². The molecule has 0 fully saturated rings. The van der Waals surface area contributed by atoms with Crippen molar-refractivity contribution in [2.24, 2.45) is 11.5 Å². The van der Waals surface area contributed by atoms with Crippen molar-refractivity contribution in [2.45, 2.75) is 0 Å². The van der Waals surface area contributed by atoms with Crippen molar-refractivity contribution in [3.05, 3.63) is 110 Å². The molecule has 0 rings (SSSR count). The molecule has 0 aliphatic carbocycles. The highest BCUT2D eigenvalue weighted by molar-refractivity contribution is 5.49. The average Bonchev–Trinajstić information content (AvgIpc) is 2.38. The summed E-state index contributed by atoms with van der Waals surface area (Å²) in [7, 11) is 0. The minimum absolute atomic E-state index is 0.466. The van der Waals surface area contributed by atoms with Gasteiger partial charge in [0.15, 0.2) is 0 Å². The largest absolute Gasteiger partial charge is 0.399 e. The molecule has 20 heavy (non-hydrogen) atoms. The molecule has 0 saturated carbocycles. The molecule has 0 radical (unpaired) electrons. The summed E-state index contributed by atoms with van der Waals surface area (Å²) in [4.78, 5) is 0. The lowest BCUT2D eigenvalue weighted by Crippen LogP contribution is -1.90. The summed E-state index contributed by atoms with van der Waals surface area (Å²) in [6, 6.07) is 0. The zero-order chi connectivity index (χ0) is 15.7. The van der Waals surface area contributed by atoms with Gasteiger partial charge in [0.2, 0.25) is 0 Å². The third-order valence-corrected chi connectivity index (χ3v) is 2.31. The Hall–Kier alpha value is -2.74. The van der Waals surface area contributed by atoms with Gasteiger partial charge in [-0.3, -0.25) is 0 Å². The lowest BCUT2D eigenvalue weighted by Gasteiger charge is -2.02. The number of nitrogens with two attached hydrogens (primary N) is 2. The first-order valence-corrected chi connectivity index (χ1v) is 5.93. The maximum absolute atomic E-state index is 5.44. The molecule has 104 valence electrons. The quantitative estimate of drug-likeness (QED) is 0.656. The molecule has 0 heterocycles. The molecule has 0 unspecified atom stereocenters. The van der Waals surface area contributed by atoms with E-state index >= 15 is 0 Å². The number of allylic oxidation sites excluding steroid dienone is 10. The molecule has 4 N–H and O–H groups in total. The molecule has 0 bridgehead atoms. The van der Waals surface area contributed by atoms with Crippen LogP contribution in [0.3, 0.4) is 0 Å². The number of hydrogen-bond donors (Lipinski definition) is 2. The third kappa shape index (κ3) is 7.56. The van der Waals surface area contributed by atoms with Crippen LogP contribution in [-0.4, -0.2) is 0 Å². The molecule has 0 aromatic rings. The maximum atomic E-state index is 5.44. The Kier molecular flexibility index (Phi) is 7.23. The van der Waals surface area contributed by atoms with Crippen molar-refractivity contribution in [2.75, 3.05) is 0 Å². The monoisotopic (exact) mass is 266 g/mol. The van der Waals surface area contributed by atoms with Gasteiger partial charge in [0.25, 0.3) is 0 Å². The number of rotatable bonds is 8. The van der Waals surface area contributed by atoms with Crippen LogP contribution in [0.5, 0.6) is 0 Å². The van der Waals surface area contributed by atoms with Crippen LogP contribution in [0, 0.1) is 0 Å².